The molecule has 0 aliphatic carbocycles. The van der Waals surface area contributed by atoms with Crippen molar-refractivity contribution in [1.82, 2.24) is 25.0 Å². The smallest absolute Gasteiger partial charge is 0.460 e. The normalized spacial score (nSPS) is 11.6. The Morgan fingerprint density at radius 2 is 1.77 bits per heavy atom. The van der Waals surface area contributed by atoms with Crippen molar-refractivity contribution in [3.05, 3.63) is 70.4 Å². The minimum atomic E-state index is -4.51. The monoisotopic (exact) mass is 628 g/mol. The lowest BCUT2D eigenvalue weighted by Gasteiger charge is -2.22. The molecule has 4 rings (SSSR count). The predicted octanol–water partition coefficient (Wildman–Crippen LogP) is 5.84. The Hall–Kier alpha value is -4.84. The molecule has 0 bridgehead atoms. The molecule has 0 amide bonds. The minimum absolute atomic E-state index is 0.0226. The number of thiazole rings is 1. The number of carbonyl (C=O) groups excluding carboxylic acids is 2. The van der Waals surface area contributed by atoms with Crippen LogP contribution in [0.15, 0.2) is 48.7 Å². The Morgan fingerprint density at radius 3 is 2.41 bits per heavy atom. The van der Waals surface area contributed by atoms with E-state index >= 15 is 0 Å². The number of benzene rings is 1. The highest BCUT2D eigenvalue weighted by Gasteiger charge is 2.32. The fourth-order valence-corrected chi connectivity index (χ4v) is 4.70. The molecule has 1 aromatic carbocycles. The highest BCUT2D eigenvalue weighted by atomic mass is 32.1. The molecule has 4 aromatic rings. The molecule has 0 unspecified atom stereocenters. The van der Waals surface area contributed by atoms with Gasteiger partial charge in [-0.15, -0.1) is 16.4 Å². The first-order valence-corrected chi connectivity index (χ1v) is 14.1. The molecule has 0 spiro atoms. The van der Waals surface area contributed by atoms with Crippen molar-refractivity contribution < 1.29 is 37.0 Å². The van der Waals surface area contributed by atoms with Gasteiger partial charge in [0.2, 0.25) is 0 Å². The van der Waals surface area contributed by atoms with E-state index in [1.54, 1.807) is 13.8 Å². The number of nitriles is 1. The molecule has 3 aromatic heterocycles. The van der Waals surface area contributed by atoms with Crippen molar-refractivity contribution in [3.63, 3.8) is 0 Å². The van der Waals surface area contributed by atoms with Crippen molar-refractivity contribution in [1.29, 1.82) is 5.26 Å². The largest absolute Gasteiger partial charge is 0.508 e. The van der Waals surface area contributed by atoms with Crippen LogP contribution in [-0.2, 0) is 44.8 Å². The highest BCUT2D eigenvalue weighted by Crippen LogP contribution is 2.35. The zero-order valence-electron chi connectivity index (χ0n) is 23.9. The molecule has 0 aliphatic rings. The Kier molecular flexibility index (Phi) is 9.94. The molecule has 0 saturated carbocycles. The Bertz CT molecular complexity index is 1650. The third-order valence-corrected chi connectivity index (χ3v) is 7.36. The summed E-state index contributed by atoms with van der Waals surface area (Å²) < 4.78 is 54.3. The number of nitrogens with zero attached hydrogens (tertiary/aromatic N) is 6. The third-order valence-electron chi connectivity index (χ3n) is 6.14. The molecular formula is C29H27F3N6O5S. The molecule has 230 valence electrons. The van der Waals surface area contributed by atoms with Crippen molar-refractivity contribution in [3.8, 4) is 28.2 Å². The molecule has 0 fully saturated rings. The van der Waals surface area contributed by atoms with Gasteiger partial charge in [0.25, 0.3) is 0 Å². The van der Waals surface area contributed by atoms with E-state index in [-0.39, 0.29) is 43.4 Å². The minimum Gasteiger partial charge on any atom is -0.460 e. The quantitative estimate of drug-likeness (QED) is 0.186. The van der Waals surface area contributed by atoms with Gasteiger partial charge in [-0.25, -0.2) is 9.78 Å². The van der Waals surface area contributed by atoms with E-state index in [0.29, 0.717) is 17.1 Å². The summed E-state index contributed by atoms with van der Waals surface area (Å²) in [6.45, 7) is 4.61. The molecule has 0 N–H and O–H groups in total. The third kappa shape index (κ3) is 7.95. The molecule has 11 nitrogen and oxygen atoms in total. The summed E-state index contributed by atoms with van der Waals surface area (Å²) in [4.78, 5) is 34.9. The zero-order valence-corrected chi connectivity index (χ0v) is 24.7. The van der Waals surface area contributed by atoms with Crippen molar-refractivity contribution in [2.24, 2.45) is 5.41 Å². The molecule has 44 heavy (non-hydrogen) atoms. The van der Waals surface area contributed by atoms with E-state index in [2.05, 4.69) is 20.2 Å². The zero-order chi connectivity index (χ0) is 31.9. The SMILES string of the molecule is CCc1sc(-c2ccc(C(F)(F)F)cn2)nc1-c1nn(CCOC(=O)OCC(C)(C)C(=O)OCc2ccccc2)nc1C#N. The average molecular weight is 629 g/mol. The van der Waals surface area contributed by atoms with Gasteiger partial charge in [-0.2, -0.15) is 28.3 Å². The number of aromatic nitrogens is 5. The summed E-state index contributed by atoms with van der Waals surface area (Å²) >= 11 is 1.22. The van der Waals surface area contributed by atoms with Gasteiger partial charge >= 0.3 is 18.3 Å². The summed E-state index contributed by atoms with van der Waals surface area (Å²) in [6.07, 6.45) is -4.27. The van der Waals surface area contributed by atoms with Crippen LogP contribution in [0.3, 0.4) is 0 Å². The summed E-state index contributed by atoms with van der Waals surface area (Å²) in [5, 5.41) is 18.5. The number of rotatable bonds is 11. The Morgan fingerprint density at radius 1 is 1.02 bits per heavy atom. The van der Waals surface area contributed by atoms with Crippen molar-refractivity contribution >= 4 is 23.5 Å². The first-order valence-electron chi connectivity index (χ1n) is 13.3. The number of ether oxygens (including phenoxy) is 3. The number of halogens is 3. The van der Waals surface area contributed by atoms with Gasteiger partial charge in [-0.05, 0) is 38.0 Å². The first-order chi connectivity index (χ1) is 20.9. The van der Waals surface area contributed by atoms with Crippen LogP contribution >= 0.6 is 11.3 Å². The van der Waals surface area contributed by atoms with E-state index in [0.717, 1.165) is 22.7 Å². The average Bonchev–Trinajstić information content (AvgIpc) is 3.63. The number of hydrogen-bond acceptors (Lipinski definition) is 11. The van der Waals surface area contributed by atoms with Crippen LogP contribution < -0.4 is 0 Å². The maximum atomic E-state index is 12.9. The second-order valence-electron chi connectivity index (χ2n) is 10.0. The Balaban J connectivity index is 1.34. The molecule has 3 heterocycles. The van der Waals surface area contributed by atoms with Gasteiger partial charge in [0, 0.05) is 11.1 Å². The summed E-state index contributed by atoms with van der Waals surface area (Å²) in [5.74, 6) is -0.544. The Labute approximate surface area is 254 Å². The first kappa shape index (κ1) is 32.1. The molecule has 15 heteroatoms. The standard InChI is InChI=1S/C29H27F3N6O5S/c1-4-22-24(35-25(44-22)20-11-10-19(15-34-20)29(30,31)32)23-21(14-33)36-38(37-23)12-13-41-27(40)43-17-28(2,3)26(39)42-16-18-8-6-5-7-9-18/h5-11,15H,4,12-13,16-17H2,1-3H3. The van der Waals surface area contributed by atoms with Crippen LogP contribution in [0, 0.1) is 16.7 Å². The second kappa shape index (κ2) is 13.6. The van der Waals surface area contributed by atoms with Gasteiger partial charge in [0.1, 0.15) is 36.6 Å². The van der Waals surface area contributed by atoms with E-state index < -0.39 is 29.3 Å². The van der Waals surface area contributed by atoms with E-state index in [9.17, 15) is 28.0 Å². The van der Waals surface area contributed by atoms with Gasteiger partial charge in [0.15, 0.2) is 11.4 Å². The van der Waals surface area contributed by atoms with Crippen LogP contribution in [0.25, 0.3) is 22.1 Å². The molecule has 0 atom stereocenters. The number of hydrogen-bond donors (Lipinski definition) is 0. The van der Waals surface area contributed by atoms with Crippen molar-refractivity contribution in [2.45, 2.75) is 46.5 Å². The van der Waals surface area contributed by atoms with E-state index in [4.69, 9.17) is 14.2 Å². The van der Waals surface area contributed by atoms with Gasteiger partial charge in [0.05, 0.1) is 23.2 Å². The molecular weight excluding hydrogens is 601 g/mol. The van der Waals surface area contributed by atoms with Crippen LogP contribution in [-0.4, -0.2) is 50.3 Å². The van der Waals surface area contributed by atoms with E-state index in [1.165, 1.54) is 22.2 Å². The molecule has 0 saturated heterocycles. The second-order valence-corrected chi connectivity index (χ2v) is 11.1. The van der Waals surface area contributed by atoms with Gasteiger partial charge in [-0.1, -0.05) is 37.3 Å². The van der Waals surface area contributed by atoms with Crippen molar-refractivity contribution in [2.75, 3.05) is 13.2 Å². The number of carbonyl (C=O) groups is 2. The number of aryl methyl sites for hydroxylation is 1. The lowest BCUT2D eigenvalue weighted by molar-refractivity contribution is -0.158. The molecule has 0 radical (unpaired) electrons. The fourth-order valence-electron chi connectivity index (χ4n) is 3.73. The lowest BCUT2D eigenvalue weighted by Crippen LogP contribution is -2.32. The summed E-state index contributed by atoms with van der Waals surface area (Å²) in [7, 11) is 0. The maximum absolute atomic E-state index is 12.9. The fraction of sp³-hybridized carbons (Fsp3) is 0.345. The number of esters is 1. The topological polar surface area (TPSA) is 142 Å². The predicted molar refractivity (Wildman–Crippen MR) is 151 cm³/mol. The maximum Gasteiger partial charge on any atom is 0.508 e. The van der Waals surface area contributed by atoms with Crippen LogP contribution in [0.5, 0.6) is 0 Å². The van der Waals surface area contributed by atoms with Gasteiger partial charge in [-0.3, -0.25) is 9.78 Å². The van der Waals surface area contributed by atoms with E-state index in [1.807, 2.05) is 43.3 Å². The van der Waals surface area contributed by atoms with Crippen LogP contribution in [0.4, 0.5) is 18.0 Å². The number of alkyl halides is 3. The lowest BCUT2D eigenvalue weighted by atomic mass is 9.95. The van der Waals surface area contributed by atoms with Crippen LogP contribution in [0.2, 0.25) is 0 Å². The number of pyridine rings is 1. The van der Waals surface area contributed by atoms with Crippen LogP contribution in [0.1, 0.15) is 42.5 Å². The molecule has 0 aliphatic heterocycles. The van der Waals surface area contributed by atoms with Gasteiger partial charge < -0.3 is 14.2 Å². The summed E-state index contributed by atoms with van der Waals surface area (Å²) in [6, 6.07) is 13.3. The highest BCUT2D eigenvalue weighted by molar-refractivity contribution is 7.15. The summed E-state index contributed by atoms with van der Waals surface area (Å²) in [5.41, 5.74) is -0.419.